The number of rotatable bonds is 6. The van der Waals surface area contributed by atoms with Crippen molar-refractivity contribution in [3.8, 4) is 0 Å². The van der Waals surface area contributed by atoms with E-state index in [1.165, 1.54) is 0 Å². The van der Waals surface area contributed by atoms with Crippen LogP contribution >= 0.6 is 0 Å². The molecule has 2 unspecified atom stereocenters. The van der Waals surface area contributed by atoms with Crippen LogP contribution in [0, 0.1) is 17.8 Å². The van der Waals surface area contributed by atoms with E-state index in [0.717, 1.165) is 19.3 Å². The summed E-state index contributed by atoms with van der Waals surface area (Å²) < 4.78 is 5.35. The molecule has 0 spiro atoms. The predicted molar refractivity (Wildman–Crippen MR) is 73.1 cm³/mol. The first-order chi connectivity index (χ1) is 9.31. The zero-order valence-electron chi connectivity index (χ0n) is 12.4. The van der Waals surface area contributed by atoms with E-state index in [9.17, 15) is 14.4 Å². The Morgan fingerprint density at radius 2 is 1.85 bits per heavy atom. The number of carbonyl (C=O) groups is 3. The molecule has 0 bridgehead atoms. The normalized spacial score (nSPS) is 26.3. The van der Waals surface area contributed by atoms with Gasteiger partial charge in [0.05, 0.1) is 6.42 Å². The maximum absolute atomic E-state index is 11.7. The van der Waals surface area contributed by atoms with Crippen LogP contribution in [0.15, 0.2) is 0 Å². The van der Waals surface area contributed by atoms with Crippen LogP contribution < -0.4 is 0 Å². The summed E-state index contributed by atoms with van der Waals surface area (Å²) in [7, 11) is 0. The van der Waals surface area contributed by atoms with Gasteiger partial charge in [0.1, 0.15) is 6.10 Å². The molecule has 1 fully saturated rings. The van der Waals surface area contributed by atoms with Gasteiger partial charge in [-0.25, -0.2) is 4.79 Å². The fourth-order valence-electron chi connectivity index (χ4n) is 2.78. The van der Waals surface area contributed by atoms with E-state index in [1.54, 1.807) is 0 Å². The highest BCUT2D eigenvalue weighted by Crippen LogP contribution is 2.35. The lowest BCUT2D eigenvalue weighted by atomic mass is 9.75. The van der Waals surface area contributed by atoms with Gasteiger partial charge in [-0.3, -0.25) is 9.59 Å². The van der Waals surface area contributed by atoms with Gasteiger partial charge in [-0.05, 0) is 30.6 Å². The minimum absolute atomic E-state index is 0.222. The van der Waals surface area contributed by atoms with Crippen LogP contribution in [0.2, 0.25) is 0 Å². The van der Waals surface area contributed by atoms with Crippen molar-refractivity contribution in [1.82, 2.24) is 0 Å². The monoisotopic (exact) mass is 284 g/mol. The molecular formula is C15H24O5. The van der Waals surface area contributed by atoms with E-state index in [-0.39, 0.29) is 24.9 Å². The molecule has 1 saturated carbocycles. The van der Waals surface area contributed by atoms with Crippen LogP contribution in [0.3, 0.4) is 0 Å². The minimum Gasteiger partial charge on any atom is -0.481 e. The number of hydrogen-bond donors (Lipinski definition) is 1. The van der Waals surface area contributed by atoms with Gasteiger partial charge in [-0.1, -0.05) is 27.2 Å². The van der Waals surface area contributed by atoms with E-state index in [4.69, 9.17) is 9.84 Å². The SMILES string of the molecule is CC1CC[C@H](C(C)C)C(OC(=O)C(=O)CCC(=O)O)C1. The molecule has 3 atom stereocenters. The second-order valence-corrected chi connectivity index (χ2v) is 6.09. The number of ketones is 1. The Labute approximate surface area is 119 Å². The summed E-state index contributed by atoms with van der Waals surface area (Å²) in [5.41, 5.74) is 0. The summed E-state index contributed by atoms with van der Waals surface area (Å²) >= 11 is 0. The Kier molecular flexibility index (Phi) is 6.17. The molecule has 5 nitrogen and oxygen atoms in total. The highest BCUT2D eigenvalue weighted by molar-refractivity contribution is 6.33. The van der Waals surface area contributed by atoms with Gasteiger partial charge in [-0.2, -0.15) is 0 Å². The number of hydrogen-bond acceptors (Lipinski definition) is 4. The highest BCUT2D eigenvalue weighted by atomic mass is 16.5. The summed E-state index contributed by atoms with van der Waals surface area (Å²) in [6, 6.07) is 0. The molecule has 0 amide bonds. The average Bonchev–Trinajstić information content (AvgIpc) is 2.35. The van der Waals surface area contributed by atoms with Gasteiger partial charge in [0.25, 0.3) is 0 Å². The highest BCUT2D eigenvalue weighted by Gasteiger charge is 2.34. The van der Waals surface area contributed by atoms with Gasteiger partial charge < -0.3 is 9.84 Å². The Hall–Kier alpha value is -1.39. The van der Waals surface area contributed by atoms with E-state index in [1.807, 2.05) is 0 Å². The van der Waals surface area contributed by atoms with E-state index < -0.39 is 17.7 Å². The first kappa shape index (κ1) is 16.7. The molecule has 0 aromatic heterocycles. The molecule has 0 radical (unpaired) electrons. The molecular weight excluding hydrogens is 260 g/mol. The maximum atomic E-state index is 11.7. The summed E-state index contributed by atoms with van der Waals surface area (Å²) in [4.78, 5) is 33.7. The first-order valence-corrected chi connectivity index (χ1v) is 7.26. The molecule has 1 aliphatic rings. The van der Waals surface area contributed by atoms with Gasteiger partial charge in [0.2, 0.25) is 5.78 Å². The van der Waals surface area contributed by atoms with Crippen LogP contribution in [0.4, 0.5) is 0 Å². The molecule has 0 saturated heterocycles. The summed E-state index contributed by atoms with van der Waals surface area (Å²) in [6.07, 6.45) is 2.05. The summed E-state index contributed by atoms with van der Waals surface area (Å²) in [6.45, 7) is 6.30. The first-order valence-electron chi connectivity index (χ1n) is 7.26. The molecule has 20 heavy (non-hydrogen) atoms. The van der Waals surface area contributed by atoms with E-state index >= 15 is 0 Å². The minimum atomic E-state index is -1.09. The number of carboxylic acids is 1. The fourth-order valence-corrected chi connectivity index (χ4v) is 2.78. The maximum Gasteiger partial charge on any atom is 0.374 e. The Balaban J connectivity index is 2.56. The van der Waals surface area contributed by atoms with Crippen LogP contribution in [0.5, 0.6) is 0 Å². The third-order valence-corrected chi connectivity index (χ3v) is 4.01. The molecule has 0 aromatic carbocycles. The van der Waals surface area contributed by atoms with Crippen molar-refractivity contribution in [2.75, 3.05) is 0 Å². The Bertz CT molecular complexity index is 374. The average molecular weight is 284 g/mol. The molecule has 1 aliphatic carbocycles. The van der Waals surface area contributed by atoms with Gasteiger partial charge in [0, 0.05) is 6.42 Å². The van der Waals surface area contributed by atoms with Crippen molar-refractivity contribution in [3.63, 3.8) is 0 Å². The molecule has 0 heterocycles. The van der Waals surface area contributed by atoms with Crippen molar-refractivity contribution in [2.24, 2.45) is 17.8 Å². The lowest BCUT2D eigenvalue weighted by Gasteiger charge is -2.36. The lowest BCUT2D eigenvalue weighted by Crippen LogP contribution is -2.37. The fraction of sp³-hybridized carbons (Fsp3) is 0.800. The quantitative estimate of drug-likeness (QED) is 0.598. The van der Waals surface area contributed by atoms with Crippen LogP contribution in [-0.2, 0) is 19.1 Å². The summed E-state index contributed by atoms with van der Waals surface area (Å²) in [5, 5.41) is 8.51. The molecule has 1 rings (SSSR count). The molecule has 0 aliphatic heterocycles. The topological polar surface area (TPSA) is 80.7 Å². The number of carbonyl (C=O) groups excluding carboxylic acids is 2. The number of esters is 1. The second-order valence-electron chi connectivity index (χ2n) is 6.09. The van der Waals surface area contributed by atoms with E-state index in [0.29, 0.717) is 11.8 Å². The van der Waals surface area contributed by atoms with Gasteiger partial charge >= 0.3 is 11.9 Å². The molecule has 114 valence electrons. The van der Waals surface area contributed by atoms with Crippen LogP contribution in [0.25, 0.3) is 0 Å². The third kappa shape index (κ3) is 4.94. The van der Waals surface area contributed by atoms with Crippen molar-refractivity contribution in [3.05, 3.63) is 0 Å². The number of Topliss-reactive ketones (excluding diaryl/α,β-unsaturated/α-hetero) is 1. The largest absolute Gasteiger partial charge is 0.481 e. The standard InChI is InChI=1S/C15H24O5/c1-9(2)11-5-4-10(3)8-13(11)20-15(19)12(16)6-7-14(17)18/h9-11,13H,4-8H2,1-3H3,(H,17,18)/t10?,11-,13?/m1/s1. The lowest BCUT2D eigenvalue weighted by molar-refractivity contribution is -0.163. The molecule has 0 aromatic rings. The summed E-state index contributed by atoms with van der Waals surface area (Å²) in [5.74, 6) is -1.55. The second kappa shape index (κ2) is 7.41. The predicted octanol–water partition coefficient (Wildman–Crippen LogP) is 2.42. The van der Waals surface area contributed by atoms with Crippen molar-refractivity contribution in [1.29, 1.82) is 0 Å². The number of ether oxygens (including phenoxy) is 1. The Morgan fingerprint density at radius 3 is 2.40 bits per heavy atom. The Morgan fingerprint density at radius 1 is 1.20 bits per heavy atom. The third-order valence-electron chi connectivity index (χ3n) is 4.01. The van der Waals surface area contributed by atoms with Crippen molar-refractivity contribution < 1.29 is 24.2 Å². The number of aliphatic carboxylic acids is 1. The van der Waals surface area contributed by atoms with Crippen LogP contribution in [0.1, 0.15) is 52.9 Å². The molecule has 1 N–H and O–H groups in total. The van der Waals surface area contributed by atoms with Crippen molar-refractivity contribution in [2.45, 2.75) is 59.0 Å². The van der Waals surface area contributed by atoms with Gasteiger partial charge in [0.15, 0.2) is 0 Å². The van der Waals surface area contributed by atoms with Crippen molar-refractivity contribution >= 4 is 17.7 Å². The van der Waals surface area contributed by atoms with E-state index in [2.05, 4.69) is 20.8 Å². The molecule has 5 heteroatoms. The van der Waals surface area contributed by atoms with Crippen LogP contribution in [-0.4, -0.2) is 28.9 Å². The zero-order chi connectivity index (χ0) is 15.3. The zero-order valence-corrected chi connectivity index (χ0v) is 12.4. The van der Waals surface area contributed by atoms with Gasteiger partial charge in [-0.15, -0.1) is 0 Å². The smallest absolute Gasteiger partial charge is 0.374 e. The number of carboxylic acid groups (broad SMARTS) is 1.